The summed E-state index contributed by atoms with van der Waals surface area (Å²) in [5, 5.41) is 7.57. The fraction of sp³-hybridized carbons (Fsp3) is 1.00. The van der Waals surface area contributed by atoms with Gasteiger partial charge >= 0.3 is 0 Å². The van der Waals surface area contributed by atoms with Gasteiger partial charge in [0, 0.05) is 6.61 Å². The maximum absolute atomic E-state index is 7.57. The number of hydrogen-bond donors (Lipinski definition) is 3. The molecule has 0 bridgehead atoms. The lowest BCUT2D eigenvalue weighted by atomic mass is 9.82. The summed E-state index contributed by atoms with van der Waals surface area (Å²) >= 11 is 0. The quantitative estimate of drug-likeness (QED) is 0.302. The third-order valence-corrected chi connectivity index (χ3v) is 4.66. The molecule has 0 saturated carbocycles. The van der Waals surface area contributed by atoms with Gasteiger partial charge in [-0.1, -0.05) is 99.3 Å². The zero-order valence-corrected chi connectivity index (χ0v) is 18.4. The van der Waals surface area contributed by atoms with E-state index in [1.165, 1.54) is 77.0 Å². The molecular formula is C23H56N2O. The average molecular weight is 377 g/mol. The first-order valence-corrected chi connectivity index (χ1v) is 11.1. The Morgan fingerprint density at radius 1 is 0.654 bits per heavy atom. The smallest absolute Gasteiger partial charge is 0.0402 e. The fourth-order valence-corrected chi connectivity index (χ4v) is 3.01. The van der Waals surface area contributed by atoms with Crippen molar-refractivity contribution in [1.82, 2.24) is 0 Å². The van der Waals surface area contributed by atoms with Gasteiger partial charge in [0.2, 0.25) is 0 Å². The molecule has 164 valence electrons. The predicted octanol–water partition coefficient (Wildman–Crippen LogP) is 6.52. The van der Waals surface area contributed by atoms with Crippen LogP contribution in [-0.2, 0) is 0 Å². The van der Waals surface area contributed by atoms with E-state index in [-0.39, 0.29) is 14.0 Å². The summed E-state index contributed by atoms with van der Waals surface area (Å²) in [6.07, 6.45) is 16.0. The Morgan fingerprint density at radius 2 is 1.12 bits per heavy atom. The van der Waals surface area contributed by atoms with Gasteiger partial charge in [-0.2, -0.15) is 0 Å². The molecule has 0 spiro atoms. The van der Waals surface area contributed by atoms with Crippen molar-refractivity contribution in [2.24, 2.45) is 23.3 Å². The molecule has 0 aromatic heterocycles. The first-order valence-electron chi connectivity index (χ1n) is 11.1. The van der Waals surface area contributed by atoms with Crippen molar-refractivity contribution in [3.8, 4) is 0 Å². The van der Waals surface area contributed by atoms with Gasteiger partial charge in [-0.3, -0.25) is 0 Å². The first kappa shape index (κ1) is 33.5. The van der Waals surface area contributed by atoms with Gasteiger partial charge in [-0.25, -0.2) is 0 Å². The number of aliphatic hydroxyl groups is 1. The summed E-state index contributed by atoms with van der Waals surface area (Å²) in [6, 6.07) is 0. The minimum absolute atomic E-state index is 0. The van der Waals surface area contributed by atoms with E-state index >= 15 is 0 Å². The summed E-state index contributed by atoms with van der Waals surface area (Å²) in [7, 11) is 0. The van der Waals surface area contributed by atoms with Crippen molar-refractivity contribution in [2.45, 2.75) is 119 Å². The Morgan fingerprint density at radius 3 is 1.50 bits per heavy atom. The van der Waals surface area contributed by atoms with E-state index in [0.29, 0.717) is 0 Å². The van der Waals surface area contributed by atoms with Crippen LogP contribution in [0.4, 0.5) is 0 Å². The van der Waals surface area contributed by atoms with Crippen molar-refractivity contribution in [1.29, 1.82) is 0 Å². The van der Waals surface area contributed by atoms with Crippen molar-refractivity contribution in [2.75, 3.05) is 19.7 Å². The van der Waals surface area contributed by atoms with Crippen LogP contribution in [-0.4, -0.2) is 24.8 Å². The van der Waals surface area contributed by atoms with E-state index in [0.717, 1.165) is 24.9 Å². The van der Waals surface area contributed by atoms with Gasteiger partial charge in [-0.05, 0) is 44.7 Å². The van der Waals surface area contributed by atoms with Gasteiger partial charge in [0.15, 0.2) is 0 Å². The predicted molar refractivity (Wildman–Crippen MR) is 123 cm³/mol. The fourth-order valence-electron chi connectivity index (χ4n) is 3.01. The third-order valence-electron chi connectivity index (χ3n) is 4.66. The first-order chi connectivity index (χ1) is 12.1. The van der Waals surface area contributed by atoms with Gasteiger partial charge in [0.05, 0.1) is 0 Å². The molecule has 0 aromatic carbocycles. The highest BCUT2D eigenvalue weighted by Crippen LogP contribution is 2.26. The van der Waals surface area contributed by atoms with Crippen molar-refractivity contribution in [3.05, 3.63) is 0 Å². The number of unbranched alkanes of at least 4 members (excludes halogenated alkanes) is 6. The average Bonchev–Trinajstić information content (AvgIpc) is 2.62. The molecule has 3 nitrogen and oxygen atoms in total. The second kappa shape index (κ2) is 32.5. The number of hydrogen-bond acceptors (Lipinski definition) is 3. The molecule has 0 heterocycles. The number of aliphatic hydroxyl groups excluding tert-OH is 1. The highest BCUT2D eigenvalue weighted by Gasteiger charge is 2.17. The Kier molecular flexibility index (Phi) is 41.9. The molecule has 0 aliphatic rings. The van der Waals surface area contributed by atoms with E-state index < -0.39 is 0 Å². The van der Waals surface area contributed by atoms with Crippen LogP contribution in [0, 0.1) is 11.8 Å². The normalized spacial score (nSPS) is 12.0. The SMILES string of the molecule is C.CCCCCC(CC)C(CN)CCCC.CCCCCCN.CCO. The van der Waals surface area contributed by atoms with Crippen LogP contribution >= 0.6 is 0 Å². The van der Waals surface area contributed by atoms with Gasteiger partial charge < -0.3 is 16.6 Å². The number of rotatable bonds is 14. The topological polar surface area (TPSA) is 72.3 Å². The lowest BCUT2D eigenvalue weighted by molar-refractivity contribution is 0.279. The summed E-state index contributed by atoms with van der Waals surface area (Å²) in [4.78, 5) is 0. The lowest BCUT2D eigenvalue weighted by Crippen LogP contribution is -2.23. The monoisotopic (exact) mass is 376 g/mol. The molecule has 0 radical (unpaired) electrons. The zero-order valence-electron chi connectivity index (χ0n) is 18.4. The Balaban J connectivity index is -0.000000184. The molecule has 0 rings (SSSR count). The Bertz CT molecular complexity index is 197. The molecule has 0 fully saturated rings. The van der Waals surface area contributed by atoms with E-state index in [1.807, 2.05) is 0 Å². The summed E-state index contributed by atoms with van der Waals surface area (Å²) in [6.45, 7) is 12.8. The third kappa shape index (κ3) is 28.7. The molecule has 0 aliphatic carbocycles. The summed E-state index contributed by atoms with van der Waals surface area (Å²) in [5.74, 6) is 1.67. The van der Waals surface area contributed by atoms with Gasteiger partial charge in [-0.15, -0.1) is 0 Å². The van der Waals surface area contributed by atoms with E-state index in [2.05, 4.69) is 27.7 Å². The highest BCUT2D eigenvalue weighted by atomic mass is 16.2. The standard InChI is InChI=1S/C14H31N.C6H15N.C2H6O.CH4/c1-4-7-9-11-13(6-3)14(12-15)10-8-5-2;1-2-3-4-5-6-7;1-2-3;/h13-14H,4-12,15H2,1-3H3;2-7H2,1H3;3H,2H2,1H3;1H4. The molecule has 2 unspecified atom stereocenters. The van der Waals surface area contributed by atoms with Gasteiger partial charge in [0.1, 0.15) is 0 Å². The molecular weight excluding hydrogens is 320 g/mol. The van der Waals surface area contributed by atoms with Crippen molar-refractivity contribution in [3.63, 3.8) is 0 Å². The van der Waals surface area contributed by atoms with Crippen LogP contribution in [0.3, 0.4) is 0 Å². The molecule has 0 saturated heterocycles. The van der Waals surface area contributed by atoms with Gasteiger partial charge in [0.25, 0.3) is 0 Å². The van der Waals surface area contributed by atoms with Crippen LogP contribution in [0.5, 0.6) is 0 Å². The Labute approximate surface area is 167 Å². The van der Waals surface area contributed by atoms with Crippen LogP contribution in [0.1, 0.15) is 119 Å². The summed E-state index contributed by atoms with van der Waals surface area (Å²) in [5.41, 5.74) is 11.2. The van der Waals surface area contributed by atoms with E-state index in [9.17, 15) is 0 Å². The van der Waals surface area contributed by atoms with Crippen molar-refractivity contribution < 1.29 is 5.11 Å². The highest BCUT2D eigenvalue weighted by molar-refractivity contribution is 4.70. The minimum Gasteiger partial charge on any atom is -0.397 e. The van der Waals surface area contributed by atoms with Crippen LogP contribution in [0.2, 0.25) is 0 Å². The Hall–Kier alpha value is -0.120. The van der Waals surface area contributed by atoms with Crippen molar-refractivity contribution >= 4 is 0 Å². The van der Waals surface area contributed by atoms with Crippen LogP contribution < -0.4 is 11.5 Å². The second-order valence-electron chi connectivity index (χ2n) is 6.97. The second-order valence-corrected chi connectivity index (χ2v) is 6.97. The molecule has 26 heavy (non-hydrogen) atoms. The van der Waals surface area contributed by atoms with E-state index in [4.69, 9.17) is 16.6 Å². The molecule has 0 aliphatic heterocycles. The van der Waals surface area contributed by atoms with Crippen LogP contribution in [0.15, 0.2) is 0 Å². The molecule has 3 heteroatoms. The van der Waals surface area contributed by atoms with E-state index in [1.54, 1.807) is 6.92 Å². The zero-order chi connectivity index (χ0) is 19.8. The largest absolute Gasteiger partial charge is 0.397 e. The van der Waals surface area contributed by atoms with Crippen LogP contribution in [0.25, 0.3) is 0 Å². The molecule has 0 aromatic rings. The molecule has 5 N–H and O–H groups in total. The molecule has 0 amide bonds. The molecule has 2 atom stereocenters. The maximum atomic E-state index is 7.57. The minimum atomic E-state index is 0. The maximum Gasteiger partial charge on any atom is 0.0402 e. The number of nitrogens with two attached hydrogens (primary N) is 2. The summed E-state index contributed by atoms with van der Waals surface area (Å²) < 4.78 is 0. The lowest BCUT2D eigenvalue weighted by Gasteiger charge is -2.25.